The standard InChI is InChI=1S/C11H16/c1-2-3-4-10-7-9-5-6-11(10)8-9/h2,7,9,11H,1,3-6,8H2. The molecule has 0 N–H and O–H groups in total. The van der Waals surface area contributed by atoms with Gasteiger partial charge >= 0.3 is 0 Å². The summed E-state index contributed by atoms with van der Waals surface area (Å²) in [5, 5.41) is 0. The number of rotatable bonds is 3. The van der Waals surface area contributed by atoms with Gasteiger partial charge in [0.15, 0.2) is 0 Å². The lowest BCUT2D eigenvalue weighted by Crippen LogP contribution is -1.96. The van der Waals surface area contributed by atoms with Crippen LogP contribution in [0.3, 0.4) is 0 Å². The molecule has 0 spiro atoms. The van der Waals surface area contributed by atoms with E-state index in [0.29, 0.717) is 0 Å². The maximum absolute atomic E-state index is 3.76. The van der Waals surface area contributed by atoms with Crippen molar-refractivity contribution in [3.05, 3.63) is 24.3 Å². The number of allylic oxidation sites excluding steroid dienone is 3. The molecule has 0 heterocycles. The topological polar surface area (TPSA) is 0 Å². The van der Waals surface area contributed by atoms with Crippen molar-refractivity contribution in [3.8, 4) is 0 Å². The zero-order chi connectivity index (χ0) is 7.68. The molecule has 2 atom stereocenters. The second kappa shape index (κ2) is 2.84. The summed E-state index contributed by atoms with van der Waals surface area (Å²) in [7, 11) is 0. The molecular formula is C11H16. The molecule has 0 amide bonds. The fraction of sp³-hybridized carbons (Fsp3) is 0.636. The Hall–Kier alpha value is -0.520. The normalized spacial score (nSPS) is 34.0. The largest absolute Gasteiger partial charge is 0.103 e. The summed E-state index contributed by atoms with van der Waals surface area (Å²) in [6.45, 7) is 3.76. The molecule has 0 aromatic rings. The van der Waals surface area contributed by atoms with Gasteiger partial charge in [-0.05, 0) is 43.9 Å². The second-order valence-electron chi connectivity index (χ2n) is 3.84. The van der Waals surface area contributed by atoms with Crippen molar-refractivity contribution in [3.63, 3.8) is 0 Å². The summed E-state index contributed by atoms with van der Waals surface area (Å²) in [6.07, 6.45) is 11.4. The first-order chi connectivity index (χ1) is 5.40. The van der Waals surface area contributed by atoms with Gasteiger partial charge in [-0.2, -0.15) is 0 Å². The molecular weight excluding hydrogens is 132 g/mol. The van der Waals surface area contributed by atoms with E-state index in [1.807, 2.05) is 6.08 Å². The first-order valence-corrected chi connectivity index (χ1v) is 4.71. The SMILES string of the molecule is C=CCCC1=CC2CCC1C2. The van der Waals surface area contributed by atoms with Gasteiger partial charge in [-0.15, -0.1) is 6.58 Å². The van der Waals surface area contributed by atoms with Crippen molar-refractivity contribution in [2.45, 2.75) is 32.1 Å². The molecule has 2 aliphatic rings. The van der Waals surface area contributed by atoms with Crippen LogP contribution >= 0.6 is 0 Å². The Morgan fingerprint density at radius 1 is 1.55 bits per heavy atom. The Morgan fingerprint density at radius 3 is 3.00 bits per heavy atom. The Bertz CT molecular complexity index is 188. The van der Waals surface area contributed by atoms with E-state index in [1.54, 1.807) is 5.57 Å². The lowest BCUT2D eigenvalue weighted by atomic mass is 9.95. The highest BCUT2D eigenvalue weighted by atomic mass is 14.4. The molecule has 0 nitrogen and oxygen atoms in total. The summed E-state index contributed by atoms with van der Waals surface area (Å²) in [5.41, 5.74) is 1.74. The Labute approximate surface area is 69.0 Å². The molecule has 0 radical (unpaired) electrons. The number of hydrogen-bond acceptors (Lipinski definition) is 0. The first kappa shape index (κ1) is 7.15. The van der Waals surface area contributed by atoms with Crippen molar-refractivity contribution in [1.82, 2.24) is 0 Å². The molecule has 0 aliphatic heterocycles. The zero-order valence-electron chi connectivity index (χ0n) is 7.05. The van der Waals surface area contributed by atoms with E-state index in [4.69, 9.17) is 0 Å². The van der Waals surface area contributed by atoms with Crippen LogP contribution in [-0.2, 0) is 0 Å². The predicted molar refractivity (Wildman–Crippen MR) is 48.3 cm³/mol. The number of hydrogen-bond donors (Lipinski definition) is 0. The smallest absolute Gasteiger partial charge is 0.0197 e. The third kappa shape index (κ3) is 1.26. The van der Waals surface area contributed by atoms with E-state index in [0.717, 1.165) is 11.8 Å². The quantitative estimate of drug-likeness (QED) is 0.539. The molecule has 2 aliphatic carbocycles. The van der Waals surface area contributed by atoms with E-state index in [1.165, 1.54) is 32.1 Å². The van der Waals surface area contributed by atoms with E-state index >= 15 is 0 Å². The van der Waals surface area contributed by atoms with Crippen LogP contribution in [0.15, 0.2) is 24.3 Å². The highest BCUT2D eigenvalue weighted by molar-refractivity contribution is 5.19. The van der Waals surface area contributed by atoms with E-state index in [9.17, 15) is 0 Å². The lowest BCUT2D eigenvalue weighted by Gasteiger charge is -2.11. The average Bonchev–Trinajstić information content (AvgIpc) is 2.60. The highest BCUT2D eigenvalue weighted by Gasteiger charge is 2.31. The lowest BCUT2D eigenvalue weighted by molar-refractivity contribution is 0.627. The van der Waals surface area contributed by atoms with E-state index in [2.05, 4.69) is 12.7 Å². The van der Waals surface area contributed by atoms with E-state index in [-0.39, 0.29) is 0 Å². The fourth-order valence-corrected chi connectivity index (χ4v) is 2.50. The van der Waals surface area contributed by atoms with Crippen LogP contribution in [0, 0.1) is 11.8 Å². The fourth-order valence-electron chi connectivity index (χ4n) is 2.50. The van der Waals surface area contributed by atoms with Crippen LogP contribution in [0.1, 0.15) is 32.1 Å². The van der Waals surface area contributed by atoms with Gasteiger partial charge in [0.1, 0.15) is 0 Å². The van der Waals surface area contributed by atoms with Crippen LogP contribution in [0.5, 0.6) is 0 Å². The first-order valence-electron chi connectivity index (χ1n) is 4.71. The number of fused-ring (bicyclic) bond motifs is 2. The van der Waals surface area contributed by atoms with Crippen molar-refractivity contribution in [2.24, 2.45) is 11.8 Å². The van der Waals surface area contributed by atoms with Crippen LogP contribution in [-0.4, -0.2) is 0 Å². The Balaban J connectivity index is 1.94. The molecule has 0 aromatic heterocycles. The van der Waals surface area contributed by atoms with Gasteiger partial charge < -0.3 is 0 Å². The molecule has 2 bridgehead atoms. The monoisotopic (exact) mass is 148 g/mol. The molecule has 1 saturated carbocycles. The third-order valence-electron chi connectivity index (χ3n) is 3.08. The van der Waals surface area contributed by atoms with E-state index < -0.39 is 0 Å². The highest BCUT2D eigenvalue weighted by Crippen LogP contribution is 2.45. The molecule has 2 unspecified atom stereocenters. The minimum absolute atomic E-state index is 0.958. The van der Waals surface area contributed by atoms with Gasteiger partial charge in [0.25, 0.3) is 0 Å². The van der Waals surface area contributed by atoms with Gasteiger partial charge in [-0.3, -0.25) is 0 Å². The van der Waals surface area contributed by atoms with Gasteiger partial charge in [0, 0.05) is 0 Å². The summed E-state index contributed by atoms with van der Waals surface area (Å²) in [4.78, 5) is 0. The minimum Gasteiger partial charge on any atom is -0.103 e. The van der Waals surface area contributed by atoms with Crippen molar-refractivity contribution < 1.29 is 0 Å². The maximum atomic E-state index is 3.76. The molecule has 0 saturated heterocycles. The minimum atomic E-state index is 0.958. The summed E-state index contributed by atoms with van der Waals surface area (Å²) < 4.78 is 0. The summed E-state index contributed by atoms with van der Waals surface area (Å²) in [5.74, 6) is 1.93. The summed E-state index contributed by atoms with van der Waals surface area (Å²) >= 11 is 0. The average molecular weight is 148 g/mol. The molecule has 60 valence electrons. The predicted octanol–water partition coefficient (Wildman–Crippen LogP) is 3.31. The van der Waals surface area contributed by atoms with Gasteiger partial charge in [-0.1, -0.05) is 17.7 Å². The second-order valence-corrected chi connectivity index (χ2v) is 3.84. The molecule has 11 heavy (non-hydrogen) atoms. The maximum Gasteiger partial charge on any atom is -0.0197 e. The van der Waals surface area contributed by atoms with Crippen LogP contribution < -0.4 is 0 Å². The van der Waals surface area contributed by atoms with Gasteiger partial charge in [0.2, 0.25) is 0 Å². The molecule has 2 rings (SSSR count). The third-order valence-corrected chi connectivity index (χ3v) is 3.08. The van der Waals surface area contributed by atoms with Crippen molar-refractivity contribution in [1.29, 1.82) is 0 Å². The Morgan fingerprint density at radius 2 is 2.45 bits per heavy atom. The zero-order valence-corrected chi connectivity index (χ0v) is 7.05. The van der Waals surface area contributed by atoms with Crippen molar-refractivity contribution in [2.75, 3.05) is 0 Å². The van der Waals surface area contributed by atoms with Gasteiger partial charge in [0.05, 0.1) is 0 Å². The Kier molecular flexibility index (Phi) is 1.85. The summed E-state index contributed by atoms with van der Waals surface area (Å²) in [6, 6.07) is 0. The molecule has 0 aromatic carbocycles. The van der Waals surface area contributed by atoms with Crippen molar-refractivity contribution >= 4 is 0 Å². The van der Waals surface area contributed by atoms with Crippen LogP contribution in [0.2, 0.25) is 0 Å². The van der Waals surface area contributed by atoms with Crippen LogP contribution in [0.4, 0.5) is 0 Å². The van der Waals surface area contributed by atoms with Gasteiger partial charge in [-0.25, -0.2) is 0 Å². The molecule has 1 fully saturated rings. The van der Waals surface area contributed by atoms with Crippen LogP contribution in [0.25, 0.3) is 0 Å². The molecule has 0 heteroatoms.